The molecule has 0 aliphatic carbocycles. The highest BCUT2D eigenvalue weighted by atomic mass is 19.1. The number of unbranched alkanes of at least 4 members (excludes halogenated alkanes) is 1. The van der Waals surface area contributed by atoms with Gasteiger partial charge in [0.15, 0.2) is 0 Å². The number of guanidine groups is 1. The average molecular weight is 636 g/mol. The predicted molar refractivity (Wildman–Crippen MR) is 180 cm³/mol. The number of hydrogen-bond acceptors (Lipinski definition) is 5. The Balaban J connectivity index is 1.55. The van der Waals surface area contributed by atoms with Crippen LogP contribution in [-0.4, -0.2) is 54.6 Å². The number of hydrogen-bond donors (Lipinski definition) is 0. The summed E-state index contributed by atoms with van der Waals surface area (Å²) in [5.74, 6) is -0.0258. The molecule has 0 aromatic heterocycles. The van der Waals surface area contributed by atoms with Crippen molar-refractivity contribution >= 4 is 24.0 Å². The van der Waals surface area contributed by atoms with E-state index in [-0.39, 0.29) is 18.1 Å². The van der Waals surface area contributed by atoms with Crippen molar-refractivity contribution in [3.63, 3.8) is 0 Å². The van der Waals surface area contributed by atoms with Gasteiger partial charge in [-0.15, -0.1) is 0 Å². The van der Waals surface area contributed by atoms with Crippen LogP contribution in [0.2, 0.25) is 0 Å². The molecule has 4 aromatic carbocycles. The molecule has 0 spiro atoms. The molecule has 1 fully saturated rings. The summed E-state index contributed by atoms with van der Waals surface area (Å²) in [4.78, 5) is 34.7. The molecule has 1 saturated heterocycles. The molecule has 0 saturated carbocycles. The number of carbonyl (C=O) groups excluding carboxylic acids is 2. The lowest BCUT2D eigenvalue weighted by molar-refractivity contribution is 0.0995. The van der Waals surface area contributed by atoms with Crippen LogP contribution >= 0.6 is 0 Å². The maximum Gasteiger partial charge on any atom is 0.421 e. The highest BCUT2D eigenvalue weighted by molar-refractivity contribution is 6.08. The first-order valence-corrected chi connectivity index (χ1v) is 15.6. The molecule has 2 amide bonds. The predicted octanol–water partition coefficient (Wildman–Crippen LogP) is 7.75. The van der Waals surface area contributed by atoms with Gasteiger partial charge in [-0.05, 0) is 72.0 Å². The van der Waals surface area contributed by atoms with Gasteiger partial charge in [0.2, 0.25) is 5.96 Å². The number of nitrogens with zero attached hydrogens (tertiary/aromatic N) is 3. The third kappa shape index (κ3) is 8.24. The number of halogens is 1. The minimum atomic E-state index is -0.816. The number of rotatable bonds is 11. The van der Waals surface area contributed by atoms with Crippen molar-refractivity contribution in [3.8, 4) is 11.5 Å². The van der Waals surface area contributed by atoms with Crippen molar-refractivity contribution in [2.24, 2.45) is 4.99 Å². The van der Waals surface area contributed by atoms with Crippen molar-refractivity contribution in [1.29, 1.82) is 0 Å². The van der Waals surface area contributed by atoms with E-state index >= 15 is 0 Å². The number of carbonyl (C=O) groups is 2. The smallest absolute Gasteiger partial charge is 0.421 e. The molecule has 47 heavy (non-hydrogen) atoms. The number of likely N-dealkylation sites (N-methyl/N-ethyl adjacent to an activating group) is 1. The van der Waals surface area contributed by atoms with E-state index in [0.29, 0.717) is 24.5 Å². The second-order valence-electron chi connectivity index (χ2n) is 11.1. The van der Waals surface area contributed by atoms with Crippen molar-refractivity contribution < 1.29 is 28.2 Å². The van der Waals surface area contributed by atoms with Gasteiger partial charge in [0.05, 0.1) is 31.0 Å². The maximum absolute atomic E-state index is 14.7. The first kappa shape index (κ1) is 32.9. The Labute approximate surface area is 274 Å². The zero-order valence-electron chi connectivity index (χ0n) is 26.8. The fraction of sp³-hybridized carbons (Fsp3) is 0.237. The van der Waals surface area contributed by atoms with Gasteiger partial charge in [-0.1, -0.05) is 80.1 Å². The standard InChI is InChI=1S/C38H38FN3O5/c1-4-5-23-46-31-21-17-27(18-22-31)24-34-35(25-28-15-19-30(45-3)20-16-28)42(38(44)47-26-29-11-7-6-8-12-29)37(41(34)2)40-36(43)32-13-9-10-14-33(32)39/h6-22,25,34H,4-5,23-24,26H2,1-3H3/b35-25-,40-37?. The van der Waals surface area contributed by atoms with E-state index in [0.717, 1.165) is 35.3 Å². The molecule has 0 radical (unpaired) electrons. The molecule has 1 aliphatic rings. The Morgan fingerprint density at radius 3 is 2.23 bits per heavy atom. The van der Waals surface area contributed by atoms with Gasteiger partial charge in [-0.25, -0.2) is 14.1 Å². The average Bonchev–Trinajstić information content (AvgIpc) is 3.34. The zero-order chi connectivity index (χ0) is 33.2. The summed E-state index contributed by atoms with van der Waals surface area (Å²) in [6, 6.07) is 29.7. The monoisotopic (exact) mass is 635 g/mol. The summed E-state index contributed by atoms with van der Waals surface area (Å²) in [5, 5.41) is 0. The molecule has 0 N–H and O–H groups in total. The van der Waals surface area contributed by atoms with Crippen LogP contribution in [0.3, 0.4) is 0 Å². The fourth-order valence-electron chi connectivity index (χ4n) is 5.20. The number of methoxy groups -OCH3 is 1. The van der Waals surface area contributed by atoms with E-state index in [9.17, 15) is 14.0 Å². The van der Waals surface area contributed by atoms with Crippen LogP contribution in [0.4, 0.5) is 9.18 Å². The molecule has 8 nitrogen and oxygen atoms in total. The molecule has 0 bridgehead atoms. The molecule has 1 heterocycles. The summed E-state index contributed by atoms with van der Waals surface area (Å²) in [6.45, 7) is 2.77. The van der Waals surface area contributed by atoms with Crippen molar-refractivity contribution in [3.05, 3.63) is 137 Å². The minimum Gasteiger partial charge on any atom is -0.497 e. The topological polar surface area (TPSA) is 80.7 Å². The molecule has 1 aliphatic heterocycles. The lowest BCUT2D eigenvalue weighted by Gasteiger charge is -2.20. The first-order valence-electron chi connectivity index (χ1n) is 15.6. The van der Waals surface area contributed by atoms with E-state index in [1.54, 1.807) is 25.1 Å². The molecular weight excluding hydrogens is 597 g/mol. The fourth-order valence-corrected chi connectivity index (χ4v) is 5.20. The Hall–Kier alpha value is -5.44. The molecule has 242 valence electrons. The first-order chi connectivity index (χ1) is 22.9. The second kappa shape index (κ2) is 15.7. The van der Waals surface area contributed by atoms with Gasteiger partial charge in [0.25, 0.3) is 5.91 Å². The molecule has 9 heteroatoms. The van der Waals surface area contributed by atoms with Crippen LogP contribution in [0.15, 0.2) is 114 Å². The van der Waals surface area contributed by atoms with E-state index in [1.807, 2.05) is 84.9 Å². The lowest BCUT2D eigenvalue weighted by atomic mass is 10.0. The van der Waals surface area contributed by atoms with Gasteiger partial charge < -0.3 is 19.1 Å². The Morgan fingerprint density at radius 2 is 1.55 bits per heavy atom. The number of amides is 2. The Kier molecular flexibility index (Phi) is 11.0. The number of aliphatic imine (C=N–C) groups is 1. The van der Waals surface area contributed by atoms with E-state index in [4.69, 9.17) is 14.2 Å². The lowest BCUT2D eigenvalue weighted by Crippen LogP contribution is -2.37. The van der Waals surface area contributed by atoms with Crippen LogP contribution in [0.1, 0.15) is 46.8 Å². The van der Waals surface area contributed by atoms with Crippen molar-refractivity contribution in [2.75, 3.05) is 20.8 Å². The molecule has 4 aromatic rings. The largest absolute Gasteiger partial charge is 0.497 e. The molecular formula is C38H38FN3O5. The normalized spacial score (nSPS) is 16.0. The molecule has 5 rings (SSSR count). The van der Waals surface area contributed by atoms with Crippen LogP contribution in [-0.2, 0) is 17.8 Å². The molecule has 1 unspecified atom stereocenters. The van der Waals surface area contributed by atoms with Crippen LogP contribution in [0, 0.1) is 5.82 Å². The SMILES string of the molecule is CCCCOc1ccc(CC2/C(=C/c3ccc(OC)cc3)N(C(=O)OCc3ccccc3)C(=NC(=O)c3ccccc3F)N2C)cc1. The molecule has 1 atom stereocenters. The third-order valence-corrected chi connectivity index (χ3v) is 7.83. The third-order valence-electron chi connectivity index (χ3n) is 7.83. The van der Waals surface area contributed by atoms with Crippen LogP contribution < -0.4 is 9.47 Å². The number of benzene rings is 4. The van der Waals surface area contributed by atoms with Crippen LogP contribution in [0.5, 0.6) is 11.5 Å². The highest BCUT2D eigenvalue weighted by Crippen LogP contribution is 2.32. The van der Waals surface area contributed by atoms with E-state index < -0.39 is 23.9 Å². The Morgan fingerprint density at radius 1 is 0.872 bits per heavy atom. The van der Waals surface area contributed by atoms with Gasteiger partial charge in [-0.3, -0.25) is 4.79 Å². The van der Waals surface area contributed by atoms with Gasteiger partial charge >= 0.3 is 6.09 Å². The van der Waals surface area contributed by atoms with E-state index in [1.165, 1.54) is 23.1 Å². The summed E-state index contributed by atoms with van der Waals surface area (Å²) < 4.78 is 31.6. The minimum absolute atomic E-state index is 0.00834. The Bertz CT molecular complexity index is 1720. The van der Waals surface area contributed by atoms with Crippen molar-refractivity contribution in [1.82, 2.24) is 9.80 Å². The summed E-state index contributed by atoms with van der Waals surface area (Å²) in [5.41, 5.74) is 2.91. The highest BCUT2D eigenvalue weighted by Gasteiger charge is 2.43. The number of ether oxygens (including phenoxy) is 3. The van der Waals surface area contributed by atoms with Gasteiger partial charge in [0, 0.05) is 7.05 Å². The summed E-state index contributed by atoms with van der Waals surface area (Å²) >= 11 is 0. The van der Waals surface area contributed by atoms with E-state index in [2.05, 4.69) is 11.9 Å². The quantitative estimate of drug-likeness (QED) is 0.157. The maximum atomic E-state index is 14.7. The zero-order valence-corrected chi connectivity index (χ0v) is 26.8. The van der Waals surface area contributed by atoms with Gasteiger partial charge in [0.1, 0.15) is 23.9 Å². The second-order valence-corrected chi connectivity index (χ2v) is 11.1. The van der Waals surface area contributed by atoms with Gasteiger partial charge in [-0.2, -0.15) is 4.99 Å². The van der Waals surface area contributed by atoms with Crippen molar-refractivity contribution in [2.45, 2.75) is 38.8 Å². The summed E-state index contributed by atoms with van der Waals surface area (Å²) in [6.07, 6.45) is 3.62. The van der Waals surface area contributed by atoms with Crippen LogP contribution in [0.25, 0.3) is 6.08 Å². The summed E-state index contributed by atoms with van der Waals surface area (Å²) in [7, 11) is 3.35.